The lowest BCUT2D eigenvalue weighted by molar-refractivity contribution is 0.187. The van der Waals surface area contributed by atoms with Gasteiger partial charge in [0.25, 0.3) is 0 Å². The molecular weight excluding hydrogens is 463 g/mol. The van der Waals surface area contributed by atoms with E-state index < -0.39 is 0 Å². The van der Waals surface area contributed by atoms with Gasteiger partial charge in [0.1, 0.15) is 5.82 Å². The van der Waals surface area contributed by atoms with Crippen LogP contribution in [0.25, 0.3) is 11.3 Å². The third kappa shape index (κ3) is 5.16. The quantitative estimate of drug-likeness (QED) is 0.442. The van der Waals surface area contributed by atoms with Crippen molar-refractivity contribution in [1.29, 1.82) is 0 Å². The molecule has 0 bridgehead atoms. The predicted octanol–water partition coefficient (Wildman–Crippen LogP) is 5.90. The number of fused-ring (bicyclic) bond motifs is 2. The maximum atomic E-state index is 13.6. The Morgan fingerprint density at radius 2 is 2.06 bits per heavy atom. The molecule has 1 aliphatic carbocycles. The summed E-state index contributed by atoms with van der Waals surface area (Å²) in [6.45, 7) is 11.1. The summed E-state index contributed by atoms with van der Waals surface area (Å²) in [5.41, 5.74) is 12.0. The third-order valence-corrected chi connectivity index (χ3v) is 7.53. The molecule has 1 spiro atoms. The molecule has 3 N–H and O–H groups in total. The van der Waals surface area contributed by atoms with E-state index in [1.807, 2.05) is 39.0 Å². The lowest BCUT2D eigenvalue weighted by atomic mass is 9.73. The molecular formula is C27H32ClFN6. The topological polar surface area (TPSA) is 83.7 Å². The maximum Gasteiger partial charge on any atom is 0.206 e. The Morgan fingerprint density at radius 3 is 2.74 bits per heavy atom. The number of nitrogens with zero attached hydrogens (tertiary/aromatic N) is 4. The highest BCUT2D eigenvalue weighted by atomic mass is 35.5. The van der Waals surface area contributed by atoms with Gasteiger partial charge in [0.05, 0.1) is 11.9 Å². The van der Waals surface area contributed by atoms with E-state index in [4.69, 9.17) is 17.3 Å². The van der Waals surface area contributed by atoms with Gasteiger partial charge in [0.2, 0.25) is 5.95 Å². The van der Waals surface area contributed by atoms with Crippen LogP contribution < -0.4 is 10.6 Å². The van der Waals surface area contributed by atoms with Crippen LogP contribution in [-0.2, 0) is 6.42 Å². The number of anilines is 1. The summed E-state index contributed by atoms with van der Waals surface area (Å²) < 4.78 is 13.6. The molecule has 3 aromatic rings. The second-order valence-electron chi connectivity index (χ2n) is 9.31. The van der Waals surface area contributed by atoms with Crippen LogP contribution in [0, 0.1) is 18.2 Å². The summed E-state index contributed by atoms with van der Waals surface area (Å²) in [5.74, 6) is 0.613. The first-order valence-corrected chi connectivity index (χ1v) is 12.2. The Balaban J connectivity index is 0.000000277. The number of aromatic nitrogens is 4. The zero-order valence-electron chi connectivity index (χ0n) is 20.5. The molecule has 8 heteroatoms. The van der Waals surface area contributed by atoms with Crippen LogP contribution in [0.1, 0.15) is 49.6 Å². The number of aromatic amines is 1. The summed E-state index contributed by atoms with van der Waals surface area (Å²) in [6, 6.07) is 4.94. The Bertz CT molecular complexity index is 1290. The number of benzene rings is 1. The first kappa shape index (κ1) is 25.1. The highest BCUT2D eigenvalue weighted by Crippen LogP contribution is 2.51. The summed E-state index contributed by atoms with van der Waals surface area (Å²) in [7, 11) is 0. The average molecular weight is 495 g/mol. The molecule has 5 rings (SSSR count). The van der Waals surface area contributed by atoms with Crippen molar-refractivity contribution in [2.75, 3.05) is 18.0 Å². The molecule has 1 unspecified atom stereocenters. The molecule has 2 aromatic heterocycles. The number of nitrogens with two attached hydrogens (primary N) is 1. The van der Waals surface area contributed by atoms with Gasteiger partial charge in [-0.1, -0.05) is 42.5 Å². The van der Waals surface area contributed by atoms with Crippen molar-refractivity contribution in [3.63, 3.8) is 0 Å². The Morgan fingerprint density at radius 1 is 1.31 bits per heavy atom. The van der Waals surface area contributed by atoms with Crippen molar-refractivity contribution in [1.82, 2.24) is 19.9 Å². The lowest BCUT2D eigenvalue weighted by Gasteiger charge is -2.42. The van der Waals surface area contributed by atoms with Gasteiger partial charge in [-0.3, -0.25) is 0 Å². The Hall–Kier alpha value is -3.03. The largest absolute Gasteiger partial charge is 0.342 e. The number of piperidine rings is 1. The van der Waals surface area contributed by atoms with E-state index in [1.165, 1.54) is 11.6 Å². The molecule has 35 heavy (non-hydrogen) atoms. The predicted molar refractivity (Wildman–Crippen MR) is 141 cm³/mol. The summed E-state index contributed by atoms with van der Waals surface area (Å²) in [6.07, 6.45) is 10.0. The van der Waals surface area contributed by atoms with E-state index in [2.05, 4.69) is 31.4 Å². The zero-order valence-corrected chi connectivity index (χ0v) is 21.2. The summed E-state index contributed by atoms with van der Waals surface area (Å²) in [5, 5.41) is 0.787. The number of imidazole rings is 1. The minimum absolute atomic E-state index is 0.0196. The molecule has 6 nitrogen and oxygen atoms in total. The van der Waals surface area contributed by atoms with Gasteiger partial charge in [-0.15, -0.1) is 0 Å². The second kappa shape index (κ2) is 10.3. The van der Waals surface area contributed by atoms with Crippen molar-refractivity contribution in [2.45, 2.75) is 46.1 Å². The Kier molecular flexibility index (Phi) is 7.38. The van der Waals surface area contributed by atoms with Gasteiger partial charge >= 0.3 is 0 Å². The molecule has 1 aromatic carbocycles. The van der Waals surface area contributed by atoms with Crippen LogP contribution in [-0.4, -0.2) is 33.0 Å². The van der Waals surface area contributed by atoms with E-state index >= 15 is 0 Å². The molecule has 3 heterocycles. The standard InChI is InChI=1S/C19H21FN6.C8H11Cl/c1-11-10-22-16-17(23-11)25-18(24-16)26-6-4-19(5-7-26)9-12-2-3-13(20)8-14(12)15(19)21;1-4-6-7(3)8(9)5-2/h2-3,8,10,15H,4-7,9,21H2,1H3,(H,22,23,24,25);4-6H,1H2,2-3H3/b;7-6-,8-5+. The molecule has 184 valence electrons. The monoisotopic (exact) mass is 494 g/mol. The van der Waals surface area contributed by atoms with Crippen LogP contribution in [0.4, 0.5) is 10.3 Å². The smallest absolute Gasteiger partial charge is 0.206 e. The number of rotatable bonds is 3. The first-order valence-electron chi connectivity index (χ1n) is 11.9. The number of aryl methyl sites for hydroxylation is 1. The van der Waals surface area contributed by atoms with E-state index in [1.54, 1.807) is 18.3 Å². The number of allylic oxidation sites excluding steroid dienone is 5. The fourth-order valence-corrected chi connectivity index (χ4v) is 5.05. The molecule has 1 fully saturated rings. The lowest BCUT2D eigenvalue weighted by Crippen LogP contribution is -2.44. The maximum absolute atomic E-state index is 13.6. The highest BCUT2D eigenvalue weighted by Gasteiger charge is 2.46. The van der Waals surface area contributed by atoms with Gasteiger partial charge < -0.3 is 15.6 Å². The highest BCUT2D eigenvalue weighted by molar-refractivity contribution is 6.31. The molecule has 1 saturated heterocycles. The number of nitrogens with one attached hydrogen (secondary N) is 1. The average Bonchev–Trinajstić information content (AvgIpc) is 3.38. The SMILES string of the molecule is C=C/C=C(C)\C(Cl)=C/C.Cc1cnc2nc(N3CCC4(CC3)Cc3ccc(F)cc3C4N)[nH]c2n1. The Labute approximate surface area is 210 Å². The summed E-state index contributed by atoms with van der Waals surface area (Å²) in [4.78, 5) is 18.9. The van der Waals surface area contributed by atoms with E-state index in [9.17, 15) is 4.39 Å². The van der Waals surface area contributed by atoms with Crippen molar-refractivity contribution < 1.29 is 4.39 Å². The molecule has 1 aliphatic heterocycles. The first-order chi connectivity index (χ1) is 16.8. The van der Waals surface area contributed by atoms with Gasteiger partial charge in [-0.05, 0) is 74.3 Å². The normalized spacial score (nSPS) is 19.5. The van der Waals surface area contributed by atoms with Crippen molar-refractivity contribution in [2.24, 2.45) is 11.1 Å². The molecule has 1 atom stereocenters. The number of H-pyrrole nitrogens is 1. The minimum atomic E-state index is -0.203. The van der Waals surface area contributed by atoms with Crippen LogP contribution in [0.15, 0.2) is 59.8 Å². The molecule has 0 radical (unpaired) electrons. The summed E-state index contributed by atoms with van der Waals surface area (Å²) >= 11 is 5.74. The number of halogens is 2. The van der Waals surface area contributed by atoms with Crippen LogP contribution in [0.3, 0.4) is 0 Å². The van der Waals surface area contributed by atoms with Crippen LogP contribution in [0.5, 0.6) is 0 Å². The zero-order chi connectivity index (χ0) is 25.2. The van der Waals surface area contributed by atoms with Crippen molar-refractivity contribution in [3.05, 3.63) is 82.4 Å². The van der Waals surface area contributed by atoms with Crippen molar-refractivity contribution >= 4 is 28.8 Å². The number of hydrogen-bond acceptors (Lipinski definition) is 5. The van der Waals surface area contributed by atoms with Crippen molar-refractivity contribution in [3.8, 4) is 0 Å². The van der Waals surface area contributed by atoms with Gasteiger partial charge in [0, 0.05) is 24.2 Å². The van der Waals surface area contributed by atoms with E-state index in [0.29, 0.717) is 5.65 Å². The fraction of sp³-hybridized carbons (Fsp3) is 0.370. The van der Waals surface area contributed by atoms with E-state index in [0.717, 1.165) is 65.8 Å². The second-order valence-corrected chi connectivity index (χ2v) is 9.72. The number of hydrogen-bond donors (Lipinski definition) is 2. The van der Waals surface area contributed by atoms with Gasteiger partial charge in [-0.25, -0.2) is 14.4 Å². The minimum Gasteiger partial charge on any atom is -0.342 e. The fourth-order valence-electron chi connectivity index (χ4n) is 4.99. The third-order valence-electron chi connectivity index (χ3n) is 7.02. The molecule has 0 amide bonds. The van der Waals surface area contributed by atoms with Gasteiger partial charge in [0.15, 0.2) is 11.3 Å². The van der Waals surface area contributed by atoms with Crippen LogP contribution >= 0.6 is 11.6 Å². The van der Waals surface area contributed by atoms with Crippen LogP contribution in [0.2, 0.25) is 0 Å². The van der Waals surface area contributed by atoms with E-state index in [-0.39, 0.29) is 17.3 Å². The van der Waals surface area contributed by atoms with Gasteiger partial charge in [-0.2, -0.15) is 4.98 Å². The molecule has 2 aliphatic rings. The molecule has 0 saturated carbocycles.